The first-order valence-corrected chi connectivity index (χ1v) is 7.33. The summed E-state index contributed by atoms with van der Waals surface area (Å²) in [5.74, 6) is 5.92. The van der Waals surface area contributed by atoms with Crippen molar-refractivity contribution in [3.63, 3.8) is 0 Å². The molecule has 2 rings (SSSR count). The Hall–Kier alpha value is -1.83. The SMILES string of the molecule is Cc1c(C#CCN)cccc1C(=O)N1CCCOC(C)C1. The zero-order chi connectivity index (χ0) is 15.2. The molecule has 112 valence electrons. The number of nitrogens with zero attached hydrogens (tertiary/aromatic N) is 1. The number of ether oxygens (including phenoxy) is 1. The Labute approximate surface area is 126 Å². The standard InChI is InChI=1S/C17H22N2O2/c1-13-12-19(10-5-11-21-13)17(20)16-8-3-6-15(14(16)2)7-4-9-18/h3,6,8,13H,5,9-12,18H2,1-2H3. The summed E-state index contributed by atoms with van der Waals surface area (Å²) < 4.78 is 5.60. The topological polar surface area (TPSA) is 55.6 Å². The van der Waals surface area contributed by atoms with Crippen LogP contribution in [0.1, 0.15) is 34.8 Å². The van der Waals surface area contributed by atoms with E-state index in [0.29, 0.717) is 25.3 Å². The zero-order valence-corrected chi connectivity index (χ0v) is 12.7. The third kappa shape index (κ3) is 3.84. The Morgan fingerprint density at radius 2 is 2.33 bits per heavy atom. The minimum absolute atomic E-state index is 0.0567. The van der Waals surface area contributed by atoms with Gasteiger partial charge in [0.2, 0.25) is 0 Å². The number of carbonyl (C=O) groups is 1. The summed E-state index contributed by atoms with van der Waals surface area (Å²) in [6.45, 7) is 6.34. The third-order valence-electron chi connectivity index (χ3n) is 3.63. The maximum atomic E-state index is 12.7. The first-order chi connectivity index (χ1) is 10.1. The van der Waals surface area contributed by atoms with Crippen LogP contribution in [0.25, 0.3) is 0 Å². The fraction of sp³-hybridized carbons (Fsp3) is 0.471. The van der Waals surface area contributed by atoms with Crippen molar-refractivity contribution in [2.45, 2.75) is 26.4 Å². The van der Waals surface area contributed by atoms with Gasteiger partial charge in [-0.05, 0) is 38.0 Å². The van der Waals surface area contributed by atoms with Gasteiger partial charge in [-0.3, -0.25) is 4.79 Å². The van der Waals surface area contributed by atoms with Crippen LogP contribution >= 0.6 is 0 Å². The maximum Gasteiger partial charge on any atom is 0.254 e. The molecule has 0 bridgehead atoms. The third-order valence-corrected chi connectivity index (χ3v) is 3.63. The van der Waals surface area contributed by atoms with Gasteiger partial charge in [0.25, 0.3) is 5.91 Å². The Balaban J connectivity index is 2.26. The van der Waals surface area contributed by atoms with Crippen LogP contribution in [0.15, 0.2) is 18.2 Å². The summed E-state index contributed by atoms with van der Waals surface area (Å²) in [7, 11) is 0. The molecule has 4 nitrogen and oxygen atoms in total. The van der Waals surface area contributed by atoms with E-state index in [2.05, 4.69) is 11.8 Å². The zero-order valence-electron chi connectivity index (χ0n) is 12.7. The van der Waals surface area contributed by atoms with Gasteiger partial charge in [-0.15, -0.1) is 0 Å². The van der Waals surface area contributed by atoms with Crippen molar-refractivity contribution in [3.05, 3.63) is 34.9 Å². The molecule has 1 amide bonds. The molecule has 0 aromatic heterocycles. The highest BCUT2D eigenvalue weighted by Crippen LogP contribution is 2.17. The van der Waals surface area contributed by atoms with Gasteiger partial charge in [-0.25, -0.2) is 0 Å². The highest BCUT2D eigenvalue weighted by molar-refractivity contribution is 5.96. The van der Waals surface area contributed by atoms with Crippen LogP contribution < -0.4 is 5.73 Å². The van der Waals surface area contributed by atoms with Gasteiger partial charge < -0.3 is 15.4 Å². The van der Waals surface area contributed by atoms with Crippen molar-refractivity contribution in [2.75, 3.05) is 26.2 Å². The minimum atomic E-state index is 0.0567. The number of benzene rings is 1. The van der Waals surface area contributed by atoms with Crippen LogP contribution in [0.4, 0.5) is 0 Å². The van der Waals surface area contributed by atoms with E-state index >= 15 is 0 Å². The van der Waals surface area contributed by atoms with E-state index in [1.807, 2.05) is 36.9 Å². The Morgan fingerprint density at radius 1 is 1.52 bits per heavy atom. The number of nitrogens with two attached hydrogens (primary N) is 1. The van der Waals surface area contributed by atoms with Gasteiger partial charge in [-0.2, -0.15) is 0 Å². The average Bonchev–Trinajstić information content (AvgIpc) is 2.70. The van der Waals surface area contributed by atoms with E-state index in [1.165, 1.54) is 0 Å². The summed E-state index contributed by atoms with van der Waals surface area (Å²) in [5.41, 5.74) is 7.91. The predicted molar refractivity (Wildman–Crippen MR) is 83.0 cm³/mol. The molecule has 21 heavy (non-hydrogen) atoms. The van der Waals surface area contributed by atoms with Gasteiger partial charge in [0.15, 0.2) is 0 Å². The van der Waals surface area contributed by atoms with E-state index in [1.54, 1.807) is 0 Å². The van der Waals surface area contributed by atoms with Crippen molar-refractivity contribution in [1.29, 1.82) is 0 Å². The Bertz CT molecular complexity index is 572. The van der Waals surface area contributed by atoms with Gasteiger partial charge in [0.05, 0.1) is 12.6 Å². The quantitative estimate of drug-likeness (QED) is 0.797. The molecule has 1 heterocycles. The van der Waals surface area contributed by atoms with Crippen LogP contribution in [0.2, 0.25) is 0 Å². The predicted octanol–water partition coefficient (Wildman–Crippen LogP) is 1.56. The Kier molecular flexibility index (Phi) is 5.38. The molecule has 0 aliphatic carbocycles. The first kappa shape index (κ1) is 15.6. The lowest BCUT2D eigenvalue weighted by molar-refractivity contribution is 0.0562. The average molecular weight is 286 g/mol. The molecule has 2 N–H and O–H groups in total. The molecule has 4 heteroatoms. The number of hydrogen-bond donors (Lipinski definition) is 1. The molecule has 1 atom stereocenters. The molecule has 1 aromatic carbocycles. The second-order valence-corrected chi connectivity index (χ2v) is 5.27. The normalized spacial score (nSPS) is 18.6. The van der Waals surface area contributed by atoms with Crippen LogP contribution in [0, 0.1) is 18.8 Å². The summed E-state index contributed by atoms with van der Waals surface area (Å²) in [6, 6.07) is 5.66. The lowest BCUT2D eigenvalue weighted by Crippen LogP contribution is -2.36. The fourth-order valence-electron chi connectivity index (χ4n) is 2.50. The van der Waals surface area contributed by atoms with Crippen molar-refractivity contribution in [2.24, 2.45) is 5.73 Å². The molecule has 1 unspecified atom stereocenters. The molecule has 0 saturated carbocycles. The second kappa shape index (κ2) is 7.26. The number of hydrogen-bond acceptors (Lipinski definition) is 3. The molecule has 1 saturated heterocycles. The highest BCUT2D eigenvalue weighted by atomic mass is 16.5. The van der Waals surface area contributed by atoms with E-state index in [4.69, 9.17) is 10.5 Å². The number of amides is 1. The molecular weight excluding hydrogens is 264 g/mol. The second-order valence-electron chi connectivity index (χ2n) is 5.27. The lowest BCUT2D eigenvalue weighted by Gasteiger charge is -2.23. The highest BCUT2D eigenvalue weighted by Gasteiger charge is 2.22. The fourth-order valence-corrected chi connectivity index (χ4v) is 2.50. The summed E-state index contributed by atoms with van der Waals surface area (Å²) in [4.78, 5) is 14.6. The molecule has 1 aromatic rings. The molecule has 0 spiro atoms. The van der Waals surface area contributed by atoms with Gasteiger partial charge in [-0.1, -0.05) is 17.9 Å². The number of carbonyl (C=O) groups excluding carboxylic acids is 1. The van der Waals surface area contributed by atoms with Crippen molar-refractivity contribution in [3.8, 4) is 11.8 Å². The van der Waals surface area contributed by atoms with Crippen molar-refractivity contribution in [1.82, 2.24) is 4.90 Å². The van der Waals surface area contributed by atoms with Gasteiger partial charge >= 0.3 is 0 Å². The van der Waals surface area contributed by atoms with Crippen molar-refractivity contribution < 1.29 is 9.53 Å². The summed E-state index contributed by atoms with van der Waals surface area (Å²) in [5, 5.41) is 0. The van der Waals surface area contributed by atoms with Gasteiger partial charge in [0.1, 0.15) is 0 Å². The Morgan fingerprint density at radius 3 is 3.10 bits per heavy atom. The van der Waals surface area contributed by atoms with E-state index in [9.17, 15) is 4.79 Å². The molecule has 1 aliphatic heterocycles. The van der Waals surface area contributed by atoms with Crippen LogP contribution in [-0.4, -0.2) is 43.2 Å². The molecule has 1 fully saturated rings. The van der Waals surface area contributed by atoms with Crippen LogP contribution in [-0.2, 0) is 4.74 Å². The molecular formula is C17H22N2O2. The van der Waals surface area contributed by atoms with Crippen LogP contribution in [0.5, 0.6) is 0 Å². The summed E-state index contributed by atoms with van der Waals surface area (Å²) in [6.07, 6.45) is 0.957. The van der Waals surface area contributed by atoms with Gasteiger partial charge in [0, 0.05) is 30.8 Å². The lowest BCUT2D eigenvalue weighted by atomic mass is 10.0. The van der Waals surface area contributed by atoms with E-state index in [0.717, 1.165) is 24.1 Å². The summed E-state index contributed by atoms with van der Waals surface area (Å²) >= 11 is 0. The molecule has 1 aliphatic rings. The monoisotopic (exact) mass is 286 g/mol. The minimum Gasteiger partial charge on any atom is -0.377 e. The maximum absolute atomic E-state index is 12.7. The number of rotatable bonds is 1. The first-order valence-electron chi connectivity index (χ1n) is 7.33. The van der Waals surface area contributed by atoms with E-state index < -0.39 is 0 Å². The van der Waals surface area contributed by atoms with Crippen LogP contribution in [0.3, 0.4) is 0 Å². The van der Waals surface area contributed by atoms with E-state index in [-0.39, 0.29) is 12.0 Å². The smallest absolute Gasteiger partial charge is 0.254 e. The molecule has 0 radical (unpaired) electrons. The largest absolute Gasteiger partial charge is 0.377 e. The van der Waals surface area contributed by atoms with Crippen molar-refractivity contribution >= 4 is 5.91 Å².